The molecule has 0 saturated carbocycles. The first-order valence-corrected chi connectivity index (χ1v) is 10.2. The normalized spacial score (nSPS) is 11.1. The number of hydrogen-bond acceptors (Lipinski definition) is 2. The maximum atomic E-state index is 12.6. The van der Waals surface area contributed by atoms with Crippen LogP contribution in [0.25, 0.3) is 0 Å². The third-order valence-electron chi connectivity index (χ3n) is 4.52. The van der Waals surface area contributed by atoms with Crippen molar-refractivity contribution in [3.63, 3.8) is 0 Å². The van der Waals surface area contributed by atoms with Crippen molar-refractivity contribution in [3.8, 4) is 0 Å². The zero-order valence-electron chi connectivity index (χ0n) is 16.9. The molecule has 0 heterocycles. The van der Waals surface area contributed by atoms with Crippen molar-refractivity contribution < 1.29 is 9.59 Å². The summed E-state index contributed by atoms with van der Waals surface area (Å²) in [5.74, 6) is -0.568. The lowest BCUT2D eigenvalue weighted by atomic mass is 9.87. The number of hydrogen-bond donors (Lipinski definition) is 2. The molecule has 3 aromatic carbocycles. The highest BCUT2D eigenvalue weighted by atomic mass is 35.5. The van der Waals surface area contributed by atoms with E-state index in [1.165, 1.54) is 12.1 Å². The molecule has 0 spiro atoms. The first-order chi connectivity index (χ1) is 14.1. The van der Waals surface area contributed by atoms with E-state index < -0.39 is 0 Å². The number of nitrogens with one attached hydrogen (secondary N) is 2. The molecule has 0 unspecified atom stereocenters. The van der Waals surface area contributed by atoms with Crippen LogP contribution in [0.5, 0.6) is 0 Å². The first-order valence-electron chi connectivity index (χ1n) is 9.41. The molecule has 0 fully saturated rings. The molecule has 0 aromatic heterocycles. The summed E-state index contributed by atoms with van der Waals surface area (Å²) in [5.41, 5.74) is 3.20. The Hall–Kier alpha value is -2.82. The summed E-state index contributed by atoms with van der Waals surface area (Å²) in [6, 6.07) is 19.1. The predicted octanol–water partition coefficient (Wildman–Crippen LogP) is 6.80. The molecule has 0 aliphatic heterocycles. The average molecular weight is 441 g/mol. The van der Waals surface area contributed by atoms with Gasteiger partial charge < -0.3 is 10.6 Å². The van der Waals surface area contributed by atoms with E-state index >= 15 is 0 Å². The van der Waals surface area contributed by atoms with Crippen LogP contribution in [-0.2, 0) is 5.41 Å². The molecule has 3 aromatic rings. The molecular weight excluding hydrogens is 419 g/mol. The lowest BCUT2D eigenvalue weighted by Gasteiger charge is -2.19. The monoisotopic (exact) mass is 440 g/mol. The molecule has 0 saturated heterocycles. The van der Waals surface area contributed by atoms with E-state index in [1.807, 2.05) is 24.3 Å². The minimum atomic E-state index is -0.347. The maximum Gasteiger partial charge on any atom is 0.255 e. The minimum absolute atomic E-state index is 0.0226. The van der Waals surface area contributed by atoms with Gasteiger partial charge in [0, 0.05) is 32.5 Å². The van der Waals surface area contributed by atoms with Crippen molar-refractivity contribution in [1.82, 2.24) is 0 Å². The van der Waals surface area contributed by atoms with Crippen LogP contribution >= 0.6 is 23.2 Å². The van der Waals surface area contributed by atoms with Gasteiger partial charge in [0.05, 0.1) is 0 Å². The van der Waals surface area contributed by atoms with Gasteiger partial charge in [-0.3, -0.25) is 9.59 Å². The van der Waals surface area contributed by atoms with Gasteiger partial charge in [-0.05, 0) is 59.5 Å². The van der Waals surface area contributed by atoms with Crippen molar-refractivity contribution in [1.29, 1.82) is 0 Å². The highest BCUT2D eigenvalue weighted by Gasteiger charge is 2.15. The molecule has 4 nitrogen and oxygen atoms in total. The molecule has 0 aliphatic rings. The highest BCUT2D eigenvalue weighted by molar-refractivity contribution is 6.35. The Morgan fingerprint density at radius 2 is 1.20 bits per heavy atom. The second-order valence-electron chi connectivity index (χ2n) is 7.97. The Bertz CT molecular complexity index is 1070. The van der Waals surface area contributed by atoms with Gasteiger partial charge in [0.1, 0.15) is 0 Å². The number of benzene rings is 3. The molecule has 2 amide bonds. The molecule has 0 bridgehead atoms. The molecule has 154 valence electrons. The summed E-state index contributed by atoms with van der Waals surface area (Å²) in [4.78, 5) is 25.0. The van der Waals surface area contributed by atoms with E-state index in [9.17, 15) is 9.59 Å². The third kappa shape index (κ3) is 5.62. The summed E-state index contributed by atoms with van der Waals surface area (Å²) in [7, 11) is 0. The Morgan fingerprint density at radius 1 is 0.700 bits per heavy atom. The molecular formula is C24H22Cl2N2O2. The average Bonchev–Trinajstić information content (AvgIpc) is 2.67. The zero-order chi connectivity index (χ0) is 21.9. The summed E-state index contributed by atoms with van der Waals surface area (Å²) in [6.45, 7) is 6.37. The Kier molecular flexibility index (Phi) is 6.49. The van der Waals surface area contributed by atoms with Crippen molar-refractivity contribution >= 4 is 46.4 Å². The van der Waals surface area contributed by atoms with Gasteiger partial charge in [0.15, 0.2) is 0 Å². The molecule has 30 heavy (non-hydrogen) atoms. The van der Waals surface area contributed by atoms with Gasteiger partial charge in [-0.2, -0.15) is 0 Å². The summed E-state index contributed by atoms with van der Waals surface area (Å²) in [5, 5.41) is 6.40. The maximum absolute atomic E-state index is 12.6. The Balaban J connectivity index is 1.70. The SMILES string of the molecule is CC(C)(C)c1ccc(C(=O)Nc2cccc(NC(=O)c3cc(Cl)cc(Cl)c3)c2)cc1. The van der Waals surface area contributed by atoms with Gasteiger partial charge in [-0.1, -0.05) is 62.2 Å². The van der Waals surface area contributed by atoms with Crippen LogP contribution in [0.3, 0.4) is 0 Å². The van der Waals surface area contributed by atoms with E-state index in [1.54, 1.807) is 30.3 Å². The van der Waals surface area contributed by atoms with E-state index in [4.69, 9.17) is 23.2 Å². The van der Waals surface area contributed by atoms with Crippen LogP contribution in [0.2, 0.25) is 10.0 Å². The van der Waals surface area contributed by atoms with E-state index in [0.717, 1.165) is 5.56 Å². The second-order valence-corrected chi connectivity index (χ2v) is 8.85. The second kappa shape index (κ2) is 8.90. The first kappa shape index (κ1) is 21.9. The van der Waals surface area contributed by atoms with Crippen molar-refractivity contribution in [3.05, 3.63) is 93.5 Å². The van der Waals surface area contributed by atoms with Crippen LogP contribution in [-0.4, -0.2) is 11.8 Å². The predicted molar refractivity (Wildman–Crippen MR) is 124 cm³/mol. The quantitative estimate of drug-likeness (QED) is 0.468. The third-order valence-corrected chi connectivity index (χ3v) is 4.95. The summed E-state index contributed by atoms with van der Waals surface area (Å²) >= 11 is 11.9. The Morgan fingerprint density at radius 3 is 1.70 bits per heavy atom. The smallest absolute Gasteiger partial charge is 0.255 e. The topological polar surface area (TPSA) is 58.2 Å². The van der Waals surface area contributed by atoms with Crippen LogP contribution in [0, 0.1) is 0 Å². The van der Waals surface area contributed by atoms with Crippen LogP contribution < -0.4 is 10.6 Å². The highest BCUT2D eigenvalue weighted by Crippen LogP contribution is 2.23. The standard InChI is InChI=1S/C24H22Cl2N2O2/c1-24(2,3)17-9-7-15(8-10-17)22(29)27-20-5-4-6-21(14-20)28-23(30)16-11-18(25)13-19(26)12-16/h4-14H,1-3H3,(H,27,29)(H,28,30). The number of rotatable bonds is 4. The van der Waals surface area contributed by atoms with Gasteiger partial charge >= 0.3 is 0 Å². The fourth-order valence-electron chi connectivity index (χ4n) is 2.89. The van der Waals surface area contributed by atoms with Crippen molar-refractivity contribution in [2.75, 3.05) is 10.6 Å². The van der Waals surface area contributed by atoms with Gasteiger partial charge in [-0.25, -0.2) is 0 Å². The zero-order valence-corrected chi connectivity index (χ0v) is 18.4. The number of amides is 2. The minimum Gasteiger partial charge on any atom is -0.322 e. The number of halogens is 2. The van der Waals surface area contributed by atoms with E-state index in [2.05, 4.69) is 31.4 Å². The van der Waals surface area contributed by atoms with Gasteiger partial charge in [0.25, 0.3) is 11.8 Å². The van der Waals surface area contributed by atoms with Gasteiger partial charge in [-0.15, -0.1) is 0 Å². The molecule has 0 atom stereocenters. The van der Waals surface area contributed by atoms with Crippen molar-refractivity contribution in [2.45, 2.75) is 26.2 Å². The fraction of sp³-hybridized carbons (Fsp3) is 0.167. The molecule has 0 aliphatic carbocycles. The molecule has 3 rings (SSSR count). The van der Waals surface area contributed by atoms with E-state index in [-0.39, 0.29) is 17.2 Å². The van der Waals surface area contributed by atoms with Crippen LogP contribution in [0.15, 0.2) is 66.7 Å². The largest absolute Gasteiger partial charge is 0.322 e. The van der Waals surface area contributed by atoms with Gasteiger partial charge in [0.2, 0.25) is 0 Å². The molecule has 2 N–H and O–H groups in total. The Labute approximate surface area is 186 Å². The lowest BCUT2D eigenvalue weighted by Crippen LogP contribution is -2.15. The summed E-state index contributed by atoms with van der Waals surface area (Å²) in [6.07, 6.45) is 0. The van der Waals surface area contributed by atoms with Crippen molar-refractivity contribution in [2.24, 2.45) is 0 Å². The number of carbonyl (C=O) groups excluding carboxylic acids is 2. The lowest BCUT2D eigenvalue weighted by molar-refractivity contribution is 0.101. The number of carbonyl (C=O) groups is 2. The summed E-state index contributed by atoms with van der Waals surface area (Å²) < 4.78 is 0. The van der Waals surface area contributed by atoms with Crippen LogP contribution in [0.4, 0.5) is 11.4 Å². The fourth-order valence-corrected chi connectivity index (χ4v) is 3.41. The van der Waals surface area contributed by atoms with E-state index in [0.29, 0.717) is 32.5 Å². The number of anilines is 2. The molecule has 0 radical (unpaired) electrons. The van der Waals surface area contributed by atoms with Crippen LogP contribution in [0.1, 0.15) is 47.1 Å². The molecule has 6 heteroatoms.